The number of anilines is 1. The lowest BCUT2D eigenvalue weighted by Crippen LogP contribution is -2.49. The van der Waals surface area contributed by atoms with Gasteiger partial charge in [-0.2, -0.15) is 0 Å². The van der Waals surface area contributed by atoms with Gasteiger partial charge in [0, 0.05) is 18.7 Å². The third kappa shape index (κ3) is 5.95. The number of carbonyl (C=O) groups excluding carboxylic acids is 1. The molecule has 0 bridgehead atoms. The molecule has 13 heteroatoms. The van der Waals surface area contributed by atoms with Crippen molar-refractivity contribution in [2.24, 2.45) is 0 Å². The van der Waals surface area contributed by atoms with Gasteiger partial charge >= 0.3 is 0 Å². The lowest BCUT2D eigenvalue weighted by molar-refractivity contribution is -0.127. The Labute approximate surface area is 204 Å². The molecule has 2 aliphatic heterocycles. The minimum Gasteiger partial charge on any atom is -0.455 e. The van der Waals surface area contributed by atoms with Crippen molar-refractivity contribution in [1.82, 2.24) is 20.4 Å². The van der Waals surface area contributed by atoms with E-state index >= 15 is 0 Å². The van der Waals surface area contributed by atoms with Crippen LogP contribution in [0.25, 0.3) is 0 Å². The summed E-state index contributed by atoms with van der Waals surface area (Å²) in [5, 5.41) is 4.54. The number of aromatic nitrogens is 2. The number of carbonyl (C=O) groups is 1. The van der Waals surface area contributed by atoms with E-state index in [9.17, 15) is 18.0 Å². The van der Waals surface area contributed by atoms with Gasteiger partial charge in [-0.05, 0) is 18.5 Å². The molecule has 1 amide bonds. The van der Waals surface area contributed by atoms with E-state index in [-0.39, 0.29) is 40.3 Å². The standard InChI is InChI=1S/C22H23ClF3N5O4/c1-12(13-3-2-4-14(18(13)24)19(25)26)27-20-17(21-34-9-10-35-21)15(28-22(23)29-20)11-16(32)30-31-5-7-33-8-6-31/h2-4,9-10,12,19,21H,5-8,11H2,1H3,(H,30,32)(H,27,28,29)/t12-/m1/s1. The maximum atomic E-state index is 14.7. The Morgan fingerprint density at radius 1 is 1.20 bits per heavy atom. The van der Waals surface area contributed by atoms with Gasteiger partial charge in [-0.1, -0.05) is 18.2 Å². The number of nitrogens with one attached hydrogen (secondary N) is 2. The van der Waals surface area contributed by atoms with E-state index in [1.54, 1.807) is 11.9 Å². The van der Waals surface area contributed by atoms with Crippen molar-refractivity contribution in [3.63, 3.8) is 0 Å². The van der Waals surface area contributed by atoms with Gasteiger partial charge in [0.15, 0.2) is 0 Å². The highest BCUT2D eigenvalue weighted by atomic mass is 35.5. The van der Waals surface area contributed by atoms with E-state index in [0.717, 1.165) is 6.07 Å². The monoisotopic (exact) mass is 513 g/mol. The second-order valence-electron chi connectivity index (χ2n) is 7.81. The fraction of sp³-hybridized carbons (Fsp3) is 0.409. The van der Waals surface area contributed by atoms with E-state index < -0.39 is 30.1 Å². The molecule has 4 rings (SSSR count). The van der Waals surface area contributed by atoms with Crippen molar-refractivity contribution in [3.8, 4) is 0 Å². The van der Waals surface area contributed by atoms with Crippen molar-refractivity contribution < 1.29 is 32.2 Å². The number of halogens is 4. The van der Waals surface area contributed by atoms with E-state index in [0.29, 0.717) is 26.3 Å². The average molecular weight is 514 g/mol. The molecule has 35 heavy (non-hydrogen) atoms. The van der Waals surface area contributed by atoms with Crippen LogP contribution in [-0.4, -0.2) is 47.2 Å². The number of hydrogen-bond acceptors (Lipinski definition) is 8. The molecule has 1 atom stereocenters. The molecule has 2 aromatic rings. The molecule has 188 valence electrons. The third-order valence-corrected chi connectivity index (χ3v) is 5.60. The molecular weight excluding hydrogens is 491 g/mol. The first-order chi connectivity index (χ1) is 16.8. The predicted molar refractivity (Wildman–Crippen MR) is 119 cm³/mol. The summed E-state index contributed by atoms with van der Waals surface area (Å²) in [4.78, 5) is 21.1. The van der Waals surface area contributed by atoms with Crippen LogP contribution in [0.1, 0.15) is 48.1 Å². The van der Waals surface area contributed by atoms with Gasteiger partial charge in [-0.25, -0.2) is 28.1 Å². The van der Waals surface area contributed by atoms with Crippen LogP contribution in [0.15, 0.2) is 30.7 Å². The van der Waals surface area contributed by atoms with Crippen molar-refractivity contribution in [3.05, 3.63) is 64.2 Å². The highest BCUT2D eigenvalue weighted by molar-refractivity contribution is 6.28. The third-order valence-electron chi connectivity index (χ3n) is 5.43. The van der Waals surface area contributed by atoms with Crippen LogP contribution in [0.4, 0.5) is 19.0 Å². The minimum atomic E-state index is -2.96. The highest BCUT2D eigenvalue weighted by Gasteiger charge is 2.29. The molecule has 0 unspecified atom stereocenters. The van der Waals surface area contributed by atoms with Gasteiger partial charge in [0.1, 0.15) is 24.2 Å². The molecule has 2 aliphatic rings. The molecule has 1 saturated heterocycles. The Morgan fingerprint density at radius 2 is 1.89 bits per heavy atom. The predicted octanol–water partition coefficient (Wildman–Crippen LogP) is 3.80. The first-order valence-corrected chi connectivity index (χ1v) is 11.2. The summed E-state index contributed by atoms with van der Waals surface area (Å²) in [6.07, 6.45) is -1.51. The van der Waals surface area contributed by atoms with E-state index in [1.807, 2.05) is 0 Å². The van der Waals surface area contributed by atoms with Gasteiger partial charge in [0.2, 0.25) is 11.2 Å². The number of ether oxygens (including phenoxy) is 3. The topological polar surface area (TPSA) is 97.8 Å². The van der Waals surface area contributed by atoms with Crippen LogP contribution >= 0.6 is 11.6 Å². The molecule has 0 saturated carbocycles. The number of amides is 1. The SMILES string of the molecule is C[C@@H](Nc1nc(Cl)nc(CC(=O)NN2CCOCC2)c1C1OC=CO1)c1cccc(C(F)F)c1F. The summed E-state index contributed by atoms with van der Waals surface area (Å²) in [7, 11) is 0. The Kier molecular flexibility index (Phi) is 7.93. The van der Waals surface area contributed by atoms with Gasteiger partial charge in [-0.3, -0.25) is 10.2 Å². The summed E-state index contributed by atoms with van der Waals surface area (Å²) in [5.74, 6) is -1.27. The Bertz CT molecular complexity index is 1090. The van der Waals surface area contributed by atoms with Gasteiger partial charge in [0.05, 0.1) is 42.5 Å². The van der Waals surface area contributed by atoms with Gasteiger partial charge in [-0.15, -0.1) is 0 Å². The summed E-state index contributed by atoms with van der Waals surface area (Å²) in [6.45, 7) is 3.64. The molecule has 1 aromatic heterocycles. The first-order valence-electron chi connectivity index (χ1n) is 10.8. The molecule has 0 spiro atoms. The van der Waals surface area contributed by atoms with Crippen LogP contribution < -0.4 is 10.7 Å². The molecule has 9 nitrogen and oxygen atoms in total. The zero-order valence-corrected chi connectivity index (χ0v) is 19.4. The first kappa shape index (κ1) is 25.0. The van der Waals surface area contributed by atoms with Gasteiger partial charge in [0.25, 0.3) is 12.7 Å². The van der Waals surface area contributed by atoms with E-state index in [2.05, 4.69) is 20.7 Å². The molecule has 1 aromatic carbocycles. The molecule has 0 aliphatic carbocycles. The van der Waals surface area contributed by atoms with Crippen LogP contribution in [0.3, 0.4) is 0 Å². The molecule has 0 radical (unpaired) electrons. The number of alkyl halides is 2. The number of nitrogens with zero attached hydrogens (tertiary/aromatic N) is 3. The Morgan fingerprint density at radius 3 is 2.57 bits per heavy atom. The molecule has 1 fully saturated rings. The van der Waals surface area contributed by atoms with Crippen LogP contribution in [0.2, 0.25) is 5.28 Å². The highest BCUT2D eigenvalue weighted by Crippen LogP contribution is 2.35. The zero-order chi connectivity index (χ0) is 24.9. The second kappa shape index (κ2) is 11.1. The lowest BCUT2D eigenvalue weighted by atomic mass is 10.0. The number of hydrogen-bond donors (Lipinski definition) is 2. The average Bonchev–Trinajstić information content (AvgIpc) is 3.33. The number of morpholine rings is 1. The van der Waals surface area contributed by atoms with Crippen molar-refractivity contribution in [2.45, 2.75) is 32.1 Å². The minimum absolute atomic E-state index is 0.00137. The van der Waals surface area contributed by atoms with E-state index in [4.69, 9.17) is 25.8 Å². The second-order valence-corrected chi connectivity index (χ2v) is 8.14. The Balaban J connectivity index is 1.62. The maximum Gasteiger partial charge on any atom is 0.271 e. The van der Waals surface area contributed by atoms with Crippen molar-refractivity contribution >= 4 is 23.3 Å². The van der Waals surface area contributed by atoms with Crippen molar-refractivity contribution in [1.29, 1.82) is 0 Å². The zero-order valence-electron chi connectivity index (χ0n) is 18.6. The van der Waals surface area contributed by atoms with Crippen LogP contribution in [0, 0.1) is 5.82 Å². The quantitative estimate of drug-likeness (QED) is 0.514. The molecular formula is C22H23ClF3N5O4. The van der Waals surface area contributed by atoms with Crippen LogP contribution in [0.5, 0.6) is 0 Å². The summed E-state index contributed by atoms with van der Waals surface area (Å²) in [5.41, 5.74) is 2.58. The van der Waals surface area contributed by atoms with E-state index in [1.165, 1.54) is 24.7 Å². The summed E-state index contributed by atoms with van der Waals surface area (Å²) < 4.78 is 57.3. The largest absolute Gasteiger partial charge is 0.455 e. The normalized spacial score (nSPS) is 17.2. The number of rotatable bonds is 8. The molecule has 3 heterocycles. The summed E-state index contributed by atoms with van der Waals surface area (Å²) in [6, 6.07) is 2.96. The maximum absolute atomic E-state index is 14.7. The molecule has 2 N–H and O–H groups in total. The van der Waals surface area contributed by atoms with Crippen molar-refractivity contribution in [2.75, 3.05) is 31.6 Å². The number of benzene rings is 1. The Hall–Kier alpha value is -3.09. The lowest BCUT2D eigenvalue weighted by Gasteiger charge is -2.27. The smallest absolute Gasteiger partial charge is 0.271 e. The number of hydrazine groups is 1. The van der Waals surface area contributed by atoms with Crippen LogP contribution in [-0.2, 0) is 25.4 Å². The fourth-order valence-corrected chi connectivity index (χ4v) is 3.94. The van der Waals surface area contributed by atoms with Gasteiger partial charge < -0.3 is 19.5 Å². The summed E-state index contributed by atoms with van der Waals surface area (Å²) >= 11 is 6.14. The fourth-order valence-electron chi connectivity index (χ4n) is 3.75.